The fourth-order valence-corrected chi connectivity index (χ4v) is 0. The summed E-state index contributed by atoms with van der Waals surface area (Å²) < 4.78 is 0. The molecule has 0 unspecified atom stereocenters. The summed E-state index contributed by atoms with van der Waals surface area (Å²) in [6.45, 7) is 0.972. The molecule has 0 aromatic carbocycles. The van der Waals surface area contributed by atoms with Gasteiger partial charge in [0.1, 0.15) is 0 Å². The Balaban J connectivity index is -0.00000000300. The Hall–Kier alpha value is 1.39. The Morgan fingerprint density at radius 2 is 1.10 bits per heavy atom. The van der Waals surface area contributed by atoms with Crippen LogP contribution in [0.15, 0.2) is 0 Å². The van der Waals surface area contributed by atoms with Gasteiger partial charge in [-0.3, -0.25) is 0 Å². The zero-order chi connectivity index (χ0) is 3.58. The van der Waals surface area contributed by atoms with Crippen LogP contribution >= 0.6 is 0 Å². The van der Waals surface area contributed by atoms with Gasteiger partial charge in [0, 0.05) is 5.97 Å². The normalized spacial score (nSPS) is 2.50. The van der Waals surface area contributed by atoms with Crippen molar-refractivity contribution in [2.45, 2.75) is 6.92 Å². The molecule has 0 aliphatic rings. The first-order valence-electron chi connectivity index (χ1n) is 0.908. The van der Waals surface area contributed by atoms with Crippen LogP contribution in [0.25, 0.3) is 0 Å². The van der Waals surface area contributed by atoms with Gasteiger partial charge in [-0.1, -0.05) is 0 Å². The van der Waals surface area contributed by atoms with Gasteiger partial charge in [-0.05, 0) is 6.92 Å². The van der Waals surface area contributed by atoms with Gasteiger partial charge in [-0.15, -0.1) is 0 Å². The largest absolute Gasteiger partial charge is 3.00 e. The van der Waals surface area contributed by atoms with E-state index in [1.165, 1.54) is 0 Å². The van der Waals surface area contributed by atoms with Gasteiger partial charge in [0.2, 0.25) is 0 Å². The summed E-state index contributed by atoms with van der Waals surface area (Å²) >= 11 is 0. The molecule has 58 valence electrons. The molecular formula is C2H3Fe2NaO5. The maximum Gasteiger partial charge on any atom is 3.00 e. The van der Waals surface area contributed by atoms with Crippen molar-refractivity contribution in [1.82, 2.24) is 0 Å². The zero-order valence-corrected chi connectivity index (χ0v) is 9.46. The second-order valence-electron chi connectivity index (χ2n) is 0.492. The van der Waals surface area contributed by atoms with Crippen molar-refractivity contribution in [3.8, 4) is 0 Å². The molecule has 0 rings (SSSR count). The number of carboxylic acids is 1. The number of rotatable bonds is 0. The fourth-order valence-electron chi connectivity index (χ4n) is 0. The standard InChI is InChI=1S/C2H4O2.2Fe.Na.3O/c1-2(3)4;;;;;;/h1H3,(H,3,4);;;;;;/q;2*+3;+1;3*-2/p-1. The van der Waals surface area contributed by atoms with E-state index in [1.54, 1.807) is 0 Å². The molecule has 0 saturated heterocycles. The third-order valence-corrected chi connectivity index (χ3v) is 0. The minimum Gasteiger partial charge on any atom is -2.00 e. The SMILES string of the molecule is CC(=O)[O-].[Fe+3].[Fe+3].[Na+].[O-2].[O-2].[O-2]. The smallest absolute Gasteiger partial charge is 2.00 e. The number of carbonyl (C=O) groups is 1. The third kappa shape index (κ3) is 342. The van der Waals surface area contributed by atoms with E-state index < -0.39 is 5.97 Å². The van der Waals surface area contributed by atoms with E-state index in [-0.39, 0.29) is 80.1 Å². The van der Waals surface area contributed by atoms with Crippen LogP contribution in [0.3, 0.4) is 0 Å². The number of carboxylic acid groups (broad SMARTS) is 1. The van der Waals surface area contributed by atoms with Crippen LogP contribution in [-0.2, 0) is 55.4 Å². The minimum absolute atomic E-state index is 0. The Kier molecular flexibility index (Phi) is 303. The summed E-state index contributed by atoms with van der Waals surface area (Å²) in [5.41, 5.74) is 0. The molecular weight excluding hydrogens is 239 g/mol. The molecule has 0 aromatic heterocycles. The second kappa shape index (κ2) is 47.5. The van der Waals surface area contributed by atoms with Crippen molar-refractivity contribution < 1.29 is 90.0 Å². The van der Waals surface area contributed by atoms with Crippen molar-refractivity contribution in [3.63, 3.8) is 0 Å². The minimum atomic E-state index is -1.08. The molecule has 10 heavy (non-hydrogen) atoms. The molecule has 8 heteroatoms. The summed E-state index contributed by atoms with van der Waals surface area (Å²) in [6, 6.07) is 0. The van der Waals surface area contributed by atoms with Crippen molar-refractivity contribution in [2.75, 3.05) is 0 Å². The molecule has 0 bridgehead atoms. The van der Waals surface area contributed by atoms with Crippen LogP contribution in [0.4, 0.5) is 0 Å². The van der Waals surface area contributed by atoms with Crippen LogP contribution in [0.5, 0.6) is 0 Å². The molecule has 2 radical (unpaired) electrons. The van der Waals surface area contributed by atoms with E-state index in [2.05, 4.69) is 0 Å². The first kappa shape index (κ1) is 63.8. The summed E-state index contributed by atoms with van der Waals surface area (Å²) in [5.74, 6) is -1.08. The Morgan fingerprint density at radius 3 is 1.10 bits per heavy atom. The van der Waals surface area contributed by atoms with E-state index in [4.69, 9.17) is 9.90 Å². The Morgan fingerprint density at radius 1 is 1.10 bits per heavy atom. The fraction of sp³-hybridized carbons (Fsp3) is 0.500. The topological polar surface area (TPSA) is 126 Å². The summed E-state index contributed by atoms with van der Waals surface area (Å²) in [6.07, 6.45) is 0. The van der Waals surface area contributed by atoms with E-state index in [0.29, 0.717) is 0 Å². The first-order chi connectivity index (χ1) is 1.73. The van der Waals surface area contributed by atoms with Gasteiger partial charge in [-0.2, -0.15) is 0 Å². The van der Waals surface area contributed by atoms with Gasteiger partial charge < -0.3 is 26.3 Å². The van der Waals surface area contributed by atoms with Crippen LogP contribution in [-0.4, -0.2) is 5.97 Å². The van der Waals surface area contributed by atoms with E-state index in [1.807, 2.05) is 0 Å². The number of hydrogen-bond donors (Lipinski definition) is 0. The summed E-state index contributed by atoms with van der Waals surface area (Å²) in [4.78, 5) is 8.89. The molecule has 0 aromatic rings. The van der Waals surface area contributed by atoms with E-state index in [9.17, 15) is 0 Å². The Bertz CT molecular complexity index is 40.6. The Labute approximate surface area is 102 Å². The molecule has 0 amide bonds. The van der Waals surface area contributed by atoms with Crippen LogP contribution < -0.4 is 34.7 Å². The maximum atomic E-state index is 8.89. The predicted molar refractivity (Wildman–Crippen MR) is 12.7 cm³/mol. The molecule has 0 N–H and O–H groups in total. The first-order valence-corrected chi connectivity index (χ1v) is 0.908. The maximum absolute atomic E-state index is 8.89. The van der Waals surface area contributed by atoms with Crippen LogP contribution in [0.2, 0.25) is 0 Å². The van der Waals surface area contributed by atoms with Crippen molar-refractivity contribution in [2.24, 2.45) is 0 Å². The second-order valence-corrected chi connectivity index (χ2v) is 0.492. The number of carbonyl (C=O) groups excluding carboxylic acids is 1. The number of aliphatic carboxylic acids is 1. The molecule has 0 spiro atoms. The predicted octanol–water partition coefficient (Wildman–Crippen LogP) is -4.60. The van der Waals surface area contributed by atoms with Crippen LogP contribution in [0.1, 0.15) is 6.92 Å². The molecule has 0 heterocycles. The summed E-state index contributed by atoms with van der Waals surface area (Å²) in [5, 5.41) is 8.89. The van der Waals surface area contributed by atoms with E-state index in [0.717, 1.165) is 6.92 Å². The monoisotopic (exact) mass is 242 g/mol. The van der Waals surface area contributed by atoms with Crippen LogP contribution in [0, 0.1) is 0 Å². The van der Waals surface area contributed by atoms with Crippen molar-refractivity contribution >= 4 is 5.97 Å². The molecule has 0 fully saturated rings. The molecule has 5 nitrogen and oxygen atoms in total. The van der Waals surface area contributed by atoms with Gasteiger partial charge in [-0.25, -0.2) is 0 Å². The molecule has 0 saturated carbocycles. The number of hydrogen-bond acceptors (Lipinski definition) is 2. The zero-order valence-electron chi connectivity index (χ0n) is 5.25. The summed E-state index contributed by atoms with van der Waals surface area (Å²) in [7, 11) is 0. The van der Waals surface area contributed by atoms with Crippen molar-refractivity contribution in [3.05, 3.63) is 0 Å². The molecule has 0 aliphatic carbocycles. The van der Waals surface area contributed by atoms with Gasteiger partial charge in [0.15, 0.2) is 0 Å². The molecule has 0 aliphatic heterocycles. The van der Waals surface area contributed by atoms with Gasteiger partial charge in [0.05, 0.1) is 0 Å². The quantitative estimate of drug-likeness (QED) is 0.396. The van der Waals surface area contributed by atoms with Gasteiger partial charge in [0.25, 0.3) is 0 Å². The van der Waals surface area contributed by atoms with Crippen molar-refractivity contribution in [1.29, 1.82) is 0 Å². The van der Waals surface area contributed by atoms with E-state index >= 15 is 0 Å². The average molecular weight is 242 g/mol. The third-order valence-electron chi connectivity index (χ3n) is 0. The average Bonchev–Trinajstić information content (AvgIpc) is 0.811. The molecule has 0 atom stereocenters. The van der Waals surface area contributed by atoms with Gasteiger partial charge >= 0.3 is 63.7 Å².